The van der Waals surface area contributed by atoms with E-state index in [0.717, 1.165) is 0 Å². The number of aliphatic hydroxyl groups excluding tert-OH is 1. The first-order valence-electron chi connectivity index (χ1n) is 12.0. The molecule has 212 valence electrons. The zero-order valence-corrected chi connectivity index (χ0v) is 23.3. The summed E-state index contributed by atoms with van der Waals surface area (Å²) in [5.74, 6) is -0.589. The topological polar surface area (TPSA) is 193 Å². The van der Waals surface area contributed by atoms with Crippen LogP contribution in [0.25, 0.3) is 11.2 Å². The number of anilines is 1. The van der Waals surface area contributed by atoms with E-state index < -0.39 is 61.3 Å². The van der Waals surface area contributed by atoms with E-state index in [2.05, 4.69) is 20.0 Å². The molecule has 0 spiro atoms. The smallest absolute Gasteiger partial charge is 0.459 e. The van der Waals surface area contributed by atoms with Gasteiger partial charge in [0.1, 0.15) is 28.9 Å². The third-order valence-electron chi connectivity index (χ3n) is 5.86. The Morgan fingerprint density at radius 3 is 2.72 bits per heavy atom. The zero-order chi connectivity index (χ0) is 28.5. The van der Waals surface area contributed by atoms with Crippen LogP contribution >= 0.6 is 19.3 Å². The number of imidazole rings is 1. The van der Waals surface area contributed by atoms with Crippen molar-refractivity contribution in [3.05, 3.63) is 47.0 Å². The number of hydrogen-bond donors (Lipinski definition) is 4. The van der Waals surface area contributed by atoms with Crippen LogP contribution in [0.3, 0.4) is 0 Å². The highest BCUT2D eigenvalue weighted by Crippen LogP contribution is 2.48. The van der Waals surface area contributed by atoms with Crippen molar-refractivity contribution in [1.82, 2.24) is 24.6 Å². The van der Waals surface area contributed by atoms with Gasteiger partial charge in [-0.15, -0.1) is 11.6 Å². The number of fused-ring (bicyclic) bond motifs is 1. The molecule has 14 nitrogen and oxygen atoms in total. The summed E-state index contributed by atoms with van der Waals surface area (Å²) < 4.78 is 37.6. The lowest BCUT2D eigenvalue weighted by molar-refractivity contribution is -0.149. The standard InChI is InChI=1S/C23H30ClN6O8P/c1-12(2)36-20(33)13(3)29-39(34,38-14-8-6-5-7-9-14)35-10-15-17(31)23(4,24)21(37-15)30-11-26-16-18(30)27-22(25)28-19(16)32/h5-9,11-13,15,17,21,31H,10H2,1-4H3,(H,29,34)(H3,25,27,28,32)/t13-,15-,17-,21-,23-,39-/m1/s1. The Morgan fingerprint density at radius 1 is 1.36 bits per heavy atom. The summed E-state index contributed by atoms with van der Waals surface area (Å²) in [6.07, 6.45) is -2.61. The summed E-state index contributed by atoms with van der Waals surface area (Å²) in [6, 6.07) is 7.15. The number of rotatable bonds is 10. The lowest BCUT2D eigenvalue weighted by atomic mass is 10.0. The van der Waals surface area contributed by atoms with Crippen LogP contribution < -0.4 is 20.9 Å². The van der Waals surface area contributed by atoms with E-state index in [1.807, 2.05) is 0 Å². The lowest BCUT2D eigenvalue weighted by Gasteiger charge is -2.26. The molecule has 1 aliphatic heterocycles. The number of para-hydroxylation sites is 1. The number of esters is 1. The number of aromatic nitrogens is 4. The average molecular weight is 585 g/mol. The maximum atomic E-state index is 13.8. The third kappa shape index (κ3) is 6.26. The number of nitrogens with two attached hydrogens (primary N) is 1. The molecule has 0 unspecified atom stereocenters. The van der Waals surface area contributed by atoms with Gasteiger partial charge in [-0.2, -0.15) is 10.1 Å². The first kappa shape index (κ1) is 29.0. The number of H-pyrrole nitrogens is 1. The molecule has 2 aromatic heterocycles. The van der Waals surface area contributed by atoms with Gasteiger partial charge in [-0.05, 0) is 39.8 Å². The van der Waals surface area contributed by atoms with Gasteiger partial charge in [-0.1, -0.05) is 18.2 Å². The van der Waals surface area contributed by atoms with E-state index in [4.69, 9.17) is 35.9 Å². The number of aromatic amines is 1. The summed E-state index contributed by atoms with van der Waals surface area (Å²) in [4.78, 5) is 33.6. The number of nitrogens with zero attached hydrogens (tertiary/aromatic N) is 3. The molecule has 0 aliphatic carbocycles. The normalized spacial score (nSPS) is 25.5. The Hall–Kier alpha value is -3.00. The second kappa shape index (κ2) is 11.2. The Morgan fingerprint density at radius 2 is 2.05 bits per heavy atom. The Labute approximate surface area is 228 Å². The van der Waals surface area contributed by atoms with Gasteiger partial charge in [0.2, 0.25) is 5.95 Å². The van der Waals surface area contributed by atoms with Crippen LogP contribution in [0.2, 0.25) is 0 Å². The van der Waals surface area contributed by atoms with Crippen LogP contribution in [0.15, 0.2) is 41.5 Å². The van der Waals surface area contributed by atoms with Crippen LogP contribution in [0.5, 0.6) is 5.75 Å². The number of carbonyl (C=O) groups is 1. The number of halogens is 1. The molecule has 0 saturated carbocycles. The molecule has 1 saturated heterocycles. The molecule has 1 fully saturated rings. The molecule has 6 atom stereocenters. The molecule has 4 rings (SSSR count). The summed E-state index contributed by atoms with van der Waals surface area (Å²) >= 11 is 6.70. The van der Waals surface area contributed by atoms with Gasteiger partial charge in [0, 0.05) is 0 Å². The number of hydrogen-bond acceptors (Lipinski definition) is 11. The first-order valence-corrected chi connectivity index (χ1v) is 13.9. The van der Waals surface area contributed by atoms with Crippen LogP contribution in [0.1, 0.15) is 33.9 Å². The van der Waals surface area contributed by atoms with Crippen molar-refractivity contribution in [2.75, 3.05) is 12.3 Å². The highest BCUT2D eigenvalue weighted by atomic mass is 35.5. The van der Waals surface area contributed by atoms with Gasteiger partial charge in [-0.25, -0.2) is 9.55 Å². The van der Waals surface area contributed by atoms with Gasteiger partial charge in [0.05, 0.1) is 19.0 Å². The number of ether oxygens (including phenoxy) is 2. The maximum Gasteiger partial charge on any atom is 0.459 e. The number of nitrogens with one attached hydrogen (secondary N) is 2. The van der Waals surface area contributed by atoms with Crippen molar-refractivity contribution < 1.29 is 33.0 Å². The summed E-state index contributed by atoms with van der Waals surface area (Å²) in [6.45, 7) is 5.89. The van der Waals surface area contributed by atoms with Crippen molar-refractivity contribution in [2.45, 2.75) is 63.2 Å². The second-order valence-corrected chi connectivity index (χ2v) is 11.9. The van der Waals surface area contributed by atoms with Gasteiger partial charge in [-0.3, -0.25) is 23.7 Å². The van der Waals surface area contributed by atoms with E-state index in [1.165, 1.54) is 24.7 Å². The third-order valence-corrected chi connectivity index (χ3v) is 7.91. The molecule has 39 heavy (non-hydrogen) atoms. The molecule has 0 amide bonds. The monoisotopic (exact) mass is 584 g/mol. The number of nitrogen functional groups attached to an aromatic ring is 1. The van der Waals surface area contributed by atoms with E-state index in [1.54, 1.807) is 44.2 Å². The molecule has 5 N–H and O–H groups in total. The lowest BCUT2D eigenvalue weighted by Crippen LogP contribution is -2.40. The predicted octanol–water partition coefficient (Wildman–Crippen LogP) is 2.09. The number of carbonyl (C=O) groups excluding carboxylic acids is 1. The second-order valence-electron chi connectivity index (χ2n) is 9.43. The highest BCUT2D eigenvalue weighted by molar-refractivity contribution is 7.52. The Kier molecular flexibility index (Phi) is 8.36. The van der Waals surface area contributed by atoms with Gasteiger partial charge >= 0.3 is 13.7 Å². The largest absolute Gasteiger partial charge is 0.462 e. The van der Waals surface area contributed by atoms with Gasteiger partial charge in [0.15, 0.2) is 17.4 Å². The van der Waals surface area contributed by atoms with E-state index >= 15 is 0 Å². The molecular weight excluding hydrogens is 555 g/mol. The molecular formula is C23H30ClN6O8P. The van der Waals surface area contributed by atoms with Crippen molar-refractivity contribution >= 4 is 42.4 Å². The highest BCUT2D eigenvalue weighted by Gasteiger charge is 2.54. The van der Waals surface area contributed by atoms with Crippen molar-refractivity contribution in [2.24, 2.45) is 0 Å². The summed E-state index contributed by atoms with van der Waals surface area (Å²) in [5, 5.41) is 13.6. The number of aliphatic hydroxyl groups is 1. The van der Waals surface area contributed by atoms with Gasteiger partial charge in [0.25, 0.3) is 5.56 Å². The fraction of sp³-hybridized carbons (Fsp3) is 0.478. The summed E-state index contributed by atoms with van der Waals surface area (Å²) in [5.41, 5.74) is 5.23. The number of alkyl halides is 1. The van der Waals surface area contributed by atoms with Crippen molar-refractivity contribution in [1.29, 1.82) is 0 Å². The van der Waals surface area contributed by atoms with Crippen LogP contribution in [-0.2, 0) is 23.4 Å². The van der Waals surface area contributed by atoms with Crippen LogP contribution in [0.4, 0.5) is 5.95 Å². The quantitative estimate of drug-likeness (QED) is 0.154. The van der Waals surface area contributed by atoms with Crippen molar-refractivity contribution in [3.8, 4) is 5.75 Å². The molecule has 1 aromatic carbocycles. The van der Waals surface area contributed by atoms with E-state index in [-0.39, 0.29) is 22.9 Å². The maximum absolute atomic E-state index is 13.8. The number of benzene rings is 1. The van der Waals surface area contributed by atoms with Gasteiger partial charge < -0.3 is 24.8 Å². The average Bonchev–Trinajstić information content (AvgIpc) is 3.36. The SMILES string of the molecule is CC(C)OC(=O)[C@@H](C)N[P@@](=O)(OC[C@H]1O[C@@H](n2cnc3c(=O)[nH]c(N)nc32)[C@](C)(Cl)[C@@H]1O)Oc1ccccc1. The van der Waals surface area contributed by atoms with E-state index in [0.29, 0.717) is 0 Å². The Bertz CT molecular complexity index is 1430. The zero-order valence-electron chi connectivity index (χ0n) is 21.6. The first-order chi connectivity index (χ1) is 18.3. The molecule has 3 heterocycles. The van der Waals surface area contributed by atoms with Crippen LogP contribution in [0, 0.1) is 0 Å². The predicted molar refractivity (Wildman–Crippen MR) is 141 cm³/mol. The molecule has 0 radical (unpaired) electrons. The minimum Gasteiger partial charge on any atom is -0.462 e. The van der Waals surface area contributed by atoms with Crippen molar-refractivity contribution in [3.63, 3.8) is 0 Å². The minimum atomic E-state index is -4.23. The van der Waals surface area contributed by atoms with Crippen LogP contribution in [-0.4, -0.2) is 66.4 Å². The summed E-state index contributed by atoms with van der Waals surface area (Å²) in [7, 11) is -4.23. The fourth-order valence-electron chi connectivity index (χ4n) is 3.97. The minimum absolute atomic E-state index is 0.00156. The molecule has 0 bridgehead atoms. The van der Waals surface area contributed by atoms with E-state index in [9.17, 15) is 19.3 Å². The molecule has 16 heteroatoms. The molecule has 1 aliphatic rings. The molecule has 3 aromatic rings. The Balaban J connectivity index is 1.56. The fourth-order valence-corrected chi connectivity index (χ4v) is 5.77.